The molecule has 2 rings (SSSR count). The maximum Gasteiger partial charge on any atom is 0.256 e. The lowest BCUT2D eigenvalue weighted by atomic mass is 10.1. The number of nitrogens with one attached hydrogen (secondary N) is 1. The highest BCUT2D eigenvalue weighted by atomic mass is 79.9. The van der Waals surface area contributed by atoms with Gasteiger partial charge in [-0.3, -0.25) is 4.79 Å². The summed E-state index contributed by atoms with van der Waals surface area (Å²) in [6.45, 7) is 2.60. The first kappa shape index (κ1) is 13.5. The van der Waals surface area contributed by atoms with Gasteiger partial charge >= 0.3 is 0 Å². The molecule has 0 unspecified atom stereocenters. The lowest BCUT2D eigenvalue weighted by Crippen LogP contribution is -2.33. The van der Waals surface area contributed by atoms with Crippen LogP contribution in [0.5, 0.6) is 0 Å². The first-order valence-electron chi connectivity index (χ1n) is 5.99. The van der Waals surface area contributed by atoms with Gasteiger partial charge in [0.05, 0.1) is 5.56 Å². The molecule has 18 heavy (non-hydrogen) atoms. The Labute approximate surface area is 114 Å². The zero-order valence-electron chi connectivity index (χ0n) is 10.2. The van der Waals surface area contributed by atoms with Gasteiger partial charge in [-0.25, -0.2) is 4.39 Å². The molecule has 1 atom stereocenters. The van der Waals surface area contributed by atoms with Crippen molar-refractivity contribution in [2.75, 3.05) is 26.7 Å². The molecule has 1 aliphatic rings. The van der Waals surface area contributed by atoms with Crippen molar-refractivity contribution in [2.24, 2.45) is 5.92 Å². The van der Waals surface area contributed by atoms with Crippen LogP contribution in [0.2, 0.25) is 0 Å². The van der Waals surface area contributed by atoms with E-state index in [1.54, 1.807) is 18.0 Å². The van der Waals surface area contributed by atoms with Crippen LogP contribution in [0.3, 0.4) is 0 Å². The van der Waals surface area contributed by atoms with Gasteiger partial charge in [0, 0.05) is 18.1 Å². The number of rotatable bonds is 3. The molecule has 1 amide bonds. The van der Waals surface area contributed by atoms with E-state index in [0.717, 1.165) is 19.5 Å². The molecule has 0 aliphatic carbocycles. The highest BCUT2D eigenvalue weighted by Crippen LogP contribution is 2.17. The number of hydrogen-bond acceptors (Lipinski definition) is 2. The fraction of sp³-hybridized carbons (Fsp3) is 0.462. The van der Waals surface area contributed by atoms with Crippen LogP contribution in [0.25, 0.3) is 0 Å². The second-order valence-corrected chi connectivity index (χ2v) is 5.58. The number of benzene rings is 1. The number of nitrogens with zero attached hydrogens (tertiary/aromatic N) is 1. The summed E-state index contributed by atoms with van der Waals surface area (Å²) < 4.78 is 14.3. The maximum absolute atomic E-state index is 13.7. The third-order valence-electron chi connectivity index (χ3n) is 3.20. The van der Waals surface area contributed by atoms with Crippen LogP contribution in [0.15, 0.2) is 22.7 Å². The van der Waals surface area contributed by atoms with Crippen molar-refractivity contribution in [3.05, 3.63) is 34.1 Å². The zero-order chi connectivity index (χ0) is 13.1. The molecule has 0 saturated carbocycles. The summed E-state index contributed by atoms with van der Waals surface area (Å²) in [7, 11) is 1.72. The summed E-state index contributed by atoms with van der Waals surface area (Å²) in [5.41, 5.74) is 0.131. The third kappa shape index (κ3) is 3.09. The molecule has 1 aromatic rings. The first-order chi connectivity index (χ1) is 8.58. The van der Waals surface area contributed by atoms with Gasteiger partial charge in [-0.15, -0.1) is 0 Å². The van der Waals surface area contributed by atoms with Crippen molar-refractivity contribution in [1.82, 2.24) is 10.2 Å². The van der Waals surface area contributed by atoms with E-state index in [4.69, 9.17) is 0 Å². The molecule has 1 fully saturated rings. The van der Waals surface area contributed by atoms with Gasteiger partial charge in [0.1, 0.15) is 5.82 Å². The Hall–Kier alpha value is -0.940. The number of carbonyl (C=O) groups excluding carboxylic acids is 1. The quantitative estimate of drug-likeness (QED) is 0.928. The van der Waals surface area contributed by atoms with Crippen molar-refractivity contribution < 1.29 is 9.18 Å². The number of amides is 1. The predicted molar refractivity (Wildman–Crippen MR) is 72.0 cm³/mol. The minimum atomic E-state index is -0.481. The molecule has 1 saturated heterocycles. The van der Waals surface area contributed by atoms with Crippen LogP contribution in [-0.2, 0) is 0 Å². The van der Waals surface area contributed by atoms with E-state index in [1.807, 2.05) is 0 Å². The lowest BCUT2D eigenvalue weighted by Gasteiger charge is -2.21. The zero-order valence-corrected chi connectivity index (χ0v) is 11.8. The van der Waals surface area contributed by atoms with Gasteiger partial charge in [0.15, 0.2) is 0 Å². The first-order valence-corrected chi connectivity index (χ1v) is 6.78. The number of halogens is 2. The van der Waals surface area contributed by atoms with E-state index in [2.05, 4.69) is 21.2 Å². The van der Waals surface area contributed by atoms with Gasteiger partial charge in [-0.05, 0) is 43.6 Å². The van der Waals surface area contributed by atoms with Crippen molar-refractivity contribution in [3.8, 4) is 0 Å². The Balaban J connectivity index is 2.05. The monoisotopic (exact) mass is 314 g/mol. The second kappa shape index (κ2) is 5.80. The second-order valence-electron chi connectivity index (χ2n) is 4.67. The van der Waals surface area contributed by atoms with E-state index in [-0.39, 0.29) is 11.5 Å². The smallest absolute Gasteiger partial charge is 0.256 e. The number of carbonyl (C=O) groups is 1. The average Bonchev–Trinajstić information content (AvgIpc) is 2.81. The average molecular weight is 315 g/mol. The summed E-state index contributed by atoms with van der Waals surface area (Å²) in [4.78, 5) is 13.7. The minimum absolute atomic E-state index is 0.131. The topological polar surface area (TPSA) is 32.3 Å². The molecule has 0 spiro atoms. The Morgan fingerprint density at radius 1 is 1.61 bits per heavy atom. The Kier molecular flexibility index (Phi) is 4.35. The van der Waals surface area contributed by atoms with Crippen LogP contribution in [0.4, 0.5) is 4.39 Å². The van der Waals surface area contributed by atoms with E-state index >= 15 is 0 Å². The Morgan fingerprint density at radius 2 is 2.39 bits per heavy atom. The highest BCUT2D eigenvalue weighted by Gasteiger charge is 2.21. The van der Waals surface area contributed by atoms with Gasteiger partial charge in [0.2, 0.25) is 0 Å². The highest BCUT2D eigenvalue weighted by molar-refractivity contribution is 9.10. The summed E-state index contributed by atoms with van der Waals surface area (Å²) in [6.07, 6.45) is 1.07. The summed E-state index contributed by atoms with van der Waals surface area (Å²) >= 11 is 3.18. The predicted octanol–water partition coefficient (Wildman–Crippen LogP) is 2.27. The van der Waals surface area contributed by atoms with Gasteiger partial charge in [-0.1, -0.05) is 15.9 Å². The molecule has 1 heterocycles. The van der Waals surface area contributed by atoms with Crippen molar-refractivity contribution in [1.29, 1.82) is 0 Å². The fourth-order valence-corrected chi connectivity index (χ4v) is 2.54. The Morgan fingerprint density at radius 3 is 3.00 bits per heavy atom. The van der Waals surface area contributed by atoms with Gasteiger partial charge in [0.25, 0.3) is 5.91 Å². The van der Waals surface area contributed by atoms with E-state index in [0.29, 0.717) is 16.9 Å². The van der Waals surface area contributed by atoms with Crippen LogP contribution in [0, 0.1) is 11.7 Å². The molecule has 0 bridgehead atoms. The molecular formula is C13H16BrFN2O. The van der Waals surface area contributed by atoms with Crippen molar-refractivity contribution in [3.63, 3.8) is 0 Å². The third-order valence-corrected chi connectivity index (χ3v) is 3.70. The summed E-state index contributed by atoms with van der Waals surface area (Å²) in [6, 6.07) is 4.52. The molecule has 0 radical (unpaired) electrons. The SMILES string of the molecule is CN(C[C@@H]1CCNC1)C(=O)c1ccc(Br)cc1F. The Bertz CT molecular complexity index is 447. The van der Waals surface area contributed by atoms with Crippen LogP contribution in [-0.4, -0.2) is 37.5 Å². The molecule has 0 aromatic heterocycles. The van der Waals surface area contributed by atoms with Crippen LogP contribution >= 0.6 is 15.9 Å². The van der Waals surface area contributed by atoms with Crippen LogP contribution in [0.1, 0.15) is 16.8 Å². The molecule has 1 aliphatic heterocycles. The normalized spacial score (nSPS) is 18.9. The molecule has 1 N–H and O–H groups in total. The van der Waals surface area contributed by atoms with E-state index in [1.165, 1.54) is 12.1 Å². The maximum atomic E-state index is 13.7. The van der Waals surface area contributed by atoms with Gasteiger partial charge < -0.3 is 10.2 Å². The number of hydrogen-bond donors (Lipinski definition) is 1. The van der Waals surface area contributed by atoms with Crippen LogP contribution < -0.4 is 5.32 Å². The van der Waals surface area contributed by atoms with Crippen molar-refractivity contribution in [2.45, 2.75) is 6.42 Å². The van der Waals surface area contributed by atoms with Crippen molar-refractivity contribution >= 4 is 21.8 Å². The fourth-order valence-electron chi connectivity index (χ4n) is 2.21. The lowest BCUT2D eigenvalue weighted by molar-refractivity contribution is 0.0771. The minimum Gasteiger partial charge on any atom is -0.341 e. The molecule has 1 aromatic carbocycles. The molecule has 5 heteroatoms. The summed E-state index contributed by atoms with van der Waals surface area (Å²) in [5.74, 6) is -0.268. The summed E-state index contributed by atoms with van der Waals surface area (Å²) in [5, 5.41) is 3.26. The standard InChI is InChI=1S/C13H16BrFN2O/c1-17(8-9-4-5-16-7-9)13(18)11-3-2-10(14)6-12(11)15/h2-3,6,9,16H,4-5,7-8H2,1H3/t9-/m1/s1. The van der Waals surface area contributed by atoms with Gasteiger partial charge in [-0.2, -0.15) is 0 Å². The largest absolute Gasteiger partial charge is 0.341 e. The van der Waals surface area contributed by atoms with E-state index in [9.17, 15) is 9.18 Å². The molecule has 3 nitrogen and oxygen atoms in total. The van der Waals surface area contributed by atoms with E-state index < -0.39 is 5.82 Å². The molecular weight excluding hydrogens is 299 g/mol. The molecule has 98 valence electrons.